The van der Waals surface area contributed by atoms with Gasteiger partial charge in [-0.25, -0.2) is 0 Å². The summed E-state index contributed by atoms with van der Waals surface area (Å²) in [5.41, 5.74) is 0.778. The first-order valence-corrected chi connectivity index (χ1v) is 7.48. The fourth-order valence-electron chi connectivity index (χ4n) is 2.41. The molecule has 4 nitrogen and oxygen atoms in total. The molecule has 114 valence electrons. The molecule has 2 aromatic rings. The van der Waals surface area contributed by atoms with Crippen molar-refractivity contribution in [2.75, 3.05) is 18.1 Å². The Hall–Kier alpha value is -2.20. The third kappa shape index (κ3) is 3.02. The molecule has 0 saturated heterocycles. The van der Waals surface area contributed by atoms with E-state index in [1.54, 1.807) is 36.1 Å². The third-order valence-corrected chi connectivity index (χ3v) is 3.69. The van der Waals surface area contributed by atoms with E-state index in [9.17, 15) is 4.79 Å². The van der Waals surface area contributed by atoms with E-state index in [0.717, 1.165) is 11.4 Å². The predicted molar refractivity (Wildman–Crippen MR) is 85.8 cm³/mol. The van der Waals surface area contributed by atoms with Gasteiger partial charge in [-0.3, -0.25) is 4.79 Å². The number of benzene rings is 2. The summed E-state index contributed by atoms with van der Waals surface area (Å²) in [4.78, 5) is 14.4. The van der Waals surface area contributed by atoms with E-state index >= 15 is 0 Å². The van der Waals surface area contributed by atoms with Gasteiger partial charge in [-0.15, -0.1) is 0 Å². The van der Waals surface area contributed by atoms with Gasteiger partial charge in [0.05, 0.1) is 12.2 Å². The number of anilines is 1. The Labute approximate surface area is 134 Å². The van der Waals surface area contributed by atoms with Gasteiger partial charge in [0.15, 0.2) is 6.10 Å². The van der Waals surface area contributed by atoms with E-state index in [1.807, 2.05) is 24.3 Å². The first-order chi connectivity index (χ1) is 10.6. The van der Waals surface area contributed by atoms with Crippen LogP contribution in [0.3, 0.4) is 0 Å². The number of amides is 1. The van der Waals surface area contributed by atoms with Crippen LogP contribution < -0.4 is 14.4 Å². The molecule has 1 aliphatic heterocycles. The SMILES string of the molecule is CC(Oc1cccc(Cl)c1)C(=O)N1CCOc2ccccc21. The Morgan fingerprint density at radius 2 is 2.09 bits per heavy atom. The Morgan fingerprint density at radius 1 is 1.27 bits per heavy atom. The Kier molecular flexibility index (Phi) is 4.20. The van der Waals surface area contributed by atoms with Crippen LogP contribution in [0, 0.1) is 0 Å². The number of hydrogen-bond acceptors (Lipinski definition) is 3. The molecule has 0 N–H and O–H groups in total. The number of fused-ring (bicyclic) bond motifs is 1. The van der Waals surface area contributed by atoms with Gasteiger partial charge in [-0.1, -0.05) is 29.8 Å². The summed E-state index contributed by atoms with van der Waals surface area (Å²) in [6.07, 6.45) is -0.607. The monoisotopic (exact) mass is 317 g/mol. The molecule has 0 saturated carbocycles. The van der Waals surface area contributed by atoms with Crippen molar-refractivity contribution in [3.8, 4) is 11.5 Å². The average molecular weight is 318 g/mol. The lowest BCUT2D eigenvalue weighted by Crippen LogP contribution is -2.44. The molecule has 1 unspecified atom stereocenters. The number of carbonyl (C=O) groups is 1. The first kappa shape index (κ1) is 14.7. The minimum atomic E-state index is -0.607. The molecule has 0 bridgehead atoms. The molecule has 1 aliphatic rings. The van der Waals surface area contributed by atoms with Gasteiger partial charge in [0.1, 0.15) is 18.1 Å². The molecule has 0 radical (unpaired) electrons. The second-order valence-corrected chi connectivity index (χ2v) is 5.46. The lowest BCUT2D eigenvalue weighted by Gasteiger charge is -2.31. The molecule has 1 heterocycles. The van der Waals surface area contributed by atoms with Crippen molar-refractivity contribution in [3.63, 3.8) is 0 Å². The lowest BCUT2D eigenvalue weighted by molar-refractivity contribution is -0.124. The van der Waals surface area contributed by atoms with Crippen LogP contribution in [0.1, 0.15) is 6.92 Å². The summed E-state index contributed by atoms with van der Waals surface area (Å²) in [5, 5.41) is 0.578. The van der Waals surface area contributed by atoms with Crippen LogP contribution in [0.15, 0.2) is 48.5 Å². The number of carbonyl (C=O) groups excluding carboxylic acids is 1. The van der Waals surface area contributed by atoms with Crippen LogP contribution >= 0.6 is 11.6 Å². The Balaban J connectivity index is 1.77. The van der Waals surface area contributed by atoms with Gasteiger partial charge in [-0.05, 0) is 37.3 Å². The normalized spacial score (nSPS) is 14.7. The quantitative estimate of drug-likeness (QED) is 0.869. The smallest absolute Gasteiger partial charge is 0.267 e. The van der Waals surface area contributed by atoms with Crippen molar-refractivity contribution in [2.45, 2.75) is 13.0 Å². The molecule has 0 aromatic heterocycles. The van der Waals surface area contributed by atoms with Crippen molar-refractivity contribution in [1.29, 1.82) is 0 Å². The van der Waals surface area contributed by atoms with Crippen molar-refractivity contribution in [1.82, 2.24) is 0 Å². The highest BCUT2D eigenvalue weighted by molar-refractivity contribution is 6.30. The maximum atomic E-state index is 12.7. The van der Waals surface area contributed by atoms with E-state index in [2.05, 4.69) is 0 Å². The van der Waals surface area contributed by atoms with Gasteiger partial charge in [0, 0.05) is 5.02 Å². The minimum absolute atomic E-state index is 0.101. The van der Waals surface area contributed by atoms with Crippen molar-refractivity contribution >= 4 is 23.2 Å². The average Bonchev–Trinajstić information content (AvgIpc) is 2.53. The molecule has 1 amide bonds. The summed E-state index contributed by atoms with van der Waals surface area (Å²) in [5.74, 6) is 1.20. The maximum absolute atomic E-state index is 12.7. The van der Waals surface area contributed by atoms with Crippen LogP contribution in [0.2, 0.25) is 5.02 Å². The van der Waals surface area contributed by atoms with Crippen molar-refractivity contribution in [2.24, 2.45) is 0 Å². The predicted octanol–water partition coefficient (Wildman–Crippen LogP) is 3.53. The number of ether oxygens (including phenoxy) is 2. The van der Waals surface area contributed by atoms with E-state index in [-0.39, 0.29) is 5.91 Å². The van der Waals surface area contributed by atoms with E-state index in [4.69, 9.17) is 21.1 Å². The van der Waals surface area contributed by atoms with E-state index < -0.39 is 6.10 Å². The molecule has 1 atom stereocenters. The summed E-state index contributed by atoms with van der Waals surface area (Å²) in [6, 6.07) is 14.5. The molecular formula is C17H16ClNO3. The summed E-state index contributed by atoms with van der Waals surface area (Å²) >= 11 is 5.93. The fourth-order valence-corrected chi connectivity index (χ4v) is 2.59. The van der Waals surface area contributed by atoms with Gasteiger partial charge in [-0.2, -0.15) is 0 Å². The van der Waals surface area contributed by atoms with Gasteiger partial charge >= 0.3 is 0 Å². The van der Waals surface area contributed by atoms with Gasteiger partial charge in [0.25, 0.3) is 5.91 Å². The molecule has 0 aliphatic carbocycles. The van der Waals surface area contributed by atoms with Gasteiger partial charge in [0.2, 0.25) is 0 Å². The zero-order chi connectivity index (χ0) is 15.5. The summed E-state index contributed by atoms with van der Waals surface area (Å²) in [7, 11) is 0. The summed E-state index contributed by atoms with van der Waals surface area (Å²) < 4.78 is 11.3. The molecular weight excluding hydrogens is 302 g/mol. The van der Waals surface area contributed by atoms with Crippen molar-refractivity contribution < 1.29 is 14.3 Å². The second kappa shape index (κ2) is 6.28. The molecule has 5 heteroatoms. The molecule has 3 rings (SSSR count). The standard InChI is InChI=1S/C17H16ClNO3/c1-12(22-14-6-4-5-13(18)11-14)17(20)19-9-10-21-16-8-3-2-7-15(16)19/h2-8,11-12H,9-10H2,1H3. The van der Waals surface area contributed by atoms with Crippen LogP contribution in [-0.4, -0.2) is 25.2 Å². The molecule has 0 spiro atoms. The second-order valence-electron chi connectivity index (χ2n) is 5.02. The number of para-hydroxylation sites is 2. The highest BCUT2D eigenvalue weighted by Gasteiger charge is 2.28. The Morgan fingerprint density at radius 3 is 2.91 bits per heavy atom. The van der Waals surface area contributed by atoms with Crippen LogP contribution in [-0.2, 0) is 4.79 Å². The zero-order valence-corrected chi connectivity index (χ0v) is 12.9. The summed E-state index contributed by atoms with van der Waals surface area (Å²) in [6.45, 7) is 2.73. The fraction of sp³-hybridized carbons (Fsp3) is 0.235. The van der Waals surface area contributed by atoms with Crippen molar-refractivity contribution in [3.05, 3.63) is 53.6 Å². The zero-order valence-electron chi connectivity index (χ0n) is 12.2. The third-order valence-electron chi connectivity index (χ3n) is 3.45. The van der Waals surface area contributed by atoms with E-state index in [0.29, 0.717) is 23.9 Å². The van der Waals surface area contributed by atoms with Crippen LogP contribution in [0.25, 0.3) is 0 Å². The number of rotatable bonds is 3. The lowest BCUT2D eigenvalue weighted by atomic mass is 10.2. The maximum Gasteiger partial charge on any atom is 0.267 e. The topological polar surface area (TPSA) is 38.8 Å². The minimum Gasteiger partial charge on any atom is -0.490 e. The first-order valence-electron chi connectivity index (χ1n) is 7.10. The highest BCUT2D eigenvalue weighted by atomic mass is 35.5. The van der Waals surface area contributed by atoms with Crippen LogP contribution in [0.5, 0.6) is 11.5 Å². The largest absolute Gasteiger partial charge is 0.490 e. The number of nitrogens with zero attached hydrogens (tertiary/aromatic N) is 1. The van der Waals surface area contributed by atoms with Crippen LogP contribution in [0.4, 0.5) is 5.69 Å². The molecule has 22 heavy (non-hydrogen) atoms. The Bertz CT molecular complexity index is 689. The highest BCUT2D eigenvalue weighted by Crippen LogP contribution is 2.31. The molecule has 2 aromatic carbocycles. The number of hydrogen-bond donors (Lipinski definition) is 0. The van der Waals surface area contributed by atoms with Gasteiger partial charge < -0.3 is 14.4 Å². The number of halogens is 1. The molecule has 0 fully saturated rings. The van der Waals surface area contributed by atoms with E-state index in [1.165, 1.54) is 0 Å².